The lowest BCUT2D eigenvalue weighted by Crippen LogP contribution is -2.40. The van der Waals surface area contributed by atoms with Crippen LogP contribution in [0.2, 0.25) is 0 Å². The van der Waals surface area contributed by atoms with Gasteiger partial charge in [-0.05, 0) is 17.9 Å². The van der Waals surface area contributed by atoms with Crippen LogP contribution in [-0.2, 0) is 16.1 Å². The molecule has 1 amide bonds. The highest BCUT2D eigenvalue weighted by Gasteiger charge is 2.19. The molecule has 0 heterocycles. The van der Waals surface area contributed by atoms with Crippen molar-refractivity contribution in [2.75, 3.05) is 0 Å². The number of rotatable bonds is 6. The Bertz CT molecular complexity index is 420. The second-order valence-electron chi connectivity index (χ2n) is 4.73. The van der Waals surface area contributed by atoms with Crippen LogP contribution in [0.1, 0.15) is 25.8 Å². The van der Waals surface area contributed by atoms with Crippen molar-refractivity contribution in [2.24, 2.45) is 5.92 Å². The average Bonchev–Trinajstić information content (AvgIpc) is 2.36. The smallest absolute Gasteiger partial charge is 0.408 e. The van der Waals surface area contributed by atoms with Crippen molar-refractivity contribution in [3.63, 3.8) is 0 Å². The Morgan fingerprint density at radius 2 is 1.89 bits per heavy atom. The maximum absolute atomic E-state index is 11.6. The summed E-state index contributed by atoms with van der Waals surface area (Å²) < 4.78 is 5.05. The van der Waals surface area contributed by atoms with Gasteiger partial charge in [-0.1, -0.05) is 44.2 Å². The number of benzene rings is 1. The van der Waals surface area contributed by atoms with Gasteiger partial charge in [0.05, 0.1) is 0 Å². The maximum Gasteiger partial charge on any atom is 0.408 e. The number of hydrogen-bond donors (Lipinski definition) is 2. The zero-order valence-corrected chi connectivity index (χ0v) is 12.0. The van der Waals surface area contributed by atoms with Gasteiger partial charge in [-0.2, -0.15) is 0 Å². The lowest BCUT2D eigenvalue weighted by molar-refractivity contribution is -0.112. The first kappa shape index (κ1) is 15.6. The van der Waals surface area contributed by atoms with Crippen LogP contribution >= 0.6 is 12.6 Å². The Kier molecular flexibility index (Phi) is 6.42. The van der Waals surface area contributed by atoms with E-state index in [0.717, 1.165) is 5.56 Å². The highest BCUT2D eigenvalue weighted by Crippen LogP contribution is 2.08. The summed E-state index contributed by atoms with van der Waals surface area (Å²) in [7, 11) is 0. The molecule has 0 fully saturated rings. The molecule has 4 nitrogen and oxygen atoms in total. The second kappa shape index (κ2) is 7.84. The van der Waals surface area contributed by atoms with Crippen LogP contribution < -0.4 is 5.32 Å². The van der Waals surface area contributed by atoms with Crippen molar-refractivity contribution >= 4 is 23.8 Å². The summed E-state index contributed by atoms with van der Waals surface area (Å²) in [6.07, 6.45) is -0.0557. The van der Waals surface area contributed by atoms with E-state index in [1.807, 2.05) is 44.2 Å². The summed E-state index contributed by atoms with van der Waals surface area (Å²) in [5.41, 5.74) is 0.898. The normalized spacial score (nSPS) is 12.0. The first-order valence-electron chi connectivity index (χ1n) is 6.19. The van der Waals surface area contributed by atoms with Crippen LogP contribution in [0.25, 0.3) is 0 Å². The Labute approximate surface area is 118 Å². The predicted octanol–water partition coefficient (Wildman–Crippen LogP) is 2.78. The number of amides is 1. The molecule has 0 spiro atoms. The molecule has 1 atom stereocenters. The molecule has 0 aromatic heterocycles. The van der Waals surface area contributed by atoms with Crippen molar-refractivity contribution in [1.82, 2.24) is 5.32 Å². The first-order valence-corrected chi connectivity index (χ1v) is 6.63. The Balaban J connectivity index is 2.42. The third-order valence-electron chi connectivity index (χ3n) is 2.51. The van der Waals surface area contributed by atoms with Gasteiger partial charge in [-0.25, -0.2) is 4.79 Å². The molecule has 1 rings (SSSR count). The van der Waals surface area contributed by atoms with Crippen molar-refractivity contribution in [1.29, 1.82) is 0 Å². The van der Waals surface area contributed by atoms with Crippen LogP contribution in [0.15, 0.2) is 30.3 Å². The Morgan fingerprint density at radius 1 is 1.26 bits per heavy atom. The van der Waals surface area contributed by atoms with Gasteiger partial charge in [-0.3, -0.25) is 4.79 Å². The average molecular weight is 281 g/mol. The summed E-state index contributed by atoms with van der Waals surface area (Å²) >= 11 is 3.77. The fourth-order valence-corrected chi connectivity index (χ4v) is 1.77. The molecule has 0 aliphatic carbocycles. The Morgan fingerprint density at radius 3 is 2.42 bits per heavy atom. The number of carbonyl (C=O) groups excluding carboxylic acids is 2. The summed E-state index contributed by atoms with van der Waals surface area (Å²) in [6, 6.07) is 8.75. The lowest BCUT2D eigenvalue weighted by atomic mass is 10.1. The van der Waals surface area contributed by atoms with E-state index in [0.29, 0.717) is 6.42 Å². The third-order valence-corrected chi connectivity index (χ3v) is 2.82. The van der Waals surface area contributed by atoms with Gasteiger partial charge in [0.1, 0.15) is 12.6 Å². The van der Waals surface area contributed by atoms with E-state index in [1.165, 1.54) is 0 Å². The van der Waals surface area contributed by atoms with Crippen LogP contribution in [0.5, 0.6) is 0 Å². The second-order valence-corrected chi connectivity index (χ2v) is 5.17. The van der Waals surface area contributed by atoms with Crippen molar-refractivity contribution in [2.45, 2.75) is 32.9 Å². The fourth-order valence-electron chi connectivity index (χ4n) is 1.60. The predicted molar refractivity (Wildman–Crippen MR) is 77.0 cm³/mol. The molecular formula is C14H19NO3S. The SMILES string of the molecule is CC(C)CC(NC(=O)OCc1ccccc1)C(=O)S. The van der Waals surface area contributed by atoms with Crippen LogP contribution in [-0.4, -0.2) is 17.3 Å². The van der Waals surface area contributed by atoms with Crippen molar-refractivity contribution < 1.29 is 14.3 Å². The third kappa shape index (κ3) is 6.29. The highest BCUT2D eigenvalue weighted by molar-refractivity contribution is 7.96. The minimum absolute atomic E-state index is 0.182. The molecule has 19 heavy (non-hydrogen) atoms. The minimum atomic E-state index is -0.605. The van der Waals surface area contributed by atoms with E-state index in [4.69, 9.17) is 4.74 Å². The van der Waals surface area contributed by atoms with Crippen LogP contribution in [0, 0.1) is 5.92 Å². The number of thiol groups is 1. The maximum atomic E-state index is 11.6. The zero-order chi connectivity index (χ0) is 14.3. The van der Waals surface area contributed by atoms with Crippen molar-refractivity contribution in [3.05, 3.63) is 35.9 Å². The molecule has 0 saturated heterocycles. The molecular weight excluding hydrogens is 262 g/mol. The molecule has 0 aliphatic rings. The van der Waals surface area contributed by atoms with E-state index in [1.54, 1.807) is 0 Å². The van der Waals surface area contributed by atoms with E-state index in [2.05, 4.69) is 17.9 Å². The van der Waals surface area contributed by atoms with E-state index in [9.17, 15) is 9.59 Å². The molecule has 1 aromatic rings. The first-order chi connectivity index (χ1) is 8.99. The standard InChI is InChI=1S/C14H19NO3S/c1-10(2)8-12(13(16)19)15-14(17)18-9-11-6-4-3-5-7-11/h3-7,10,12H,8-9H2,1-2H3,(H,15,17)(H,16,19). The zero-order valence-electron chi connectivity index (χ0n) is 11.1. The van der Waals surface area contributed by atoms with Gasteiger partial charge in [0.15, 0.2) is 0 Å². The van der Waals surface area contributed by atoms with Crippen LogP contribution in [0.4, 0.5) is 4.79 Å². The molecule has 1 N–H and O–H groups in total. The van der Waals surface area contributed by atoms with Gasteiger partial charge >= 0.3 is 6.09 Å². The summed E-state index contributed by atoms with van der Waals surface area (Å²) in [5, 5.41) is 2.17. The molecule has 5 heteroatoms. The summed E-state index contributed by atoms with van der Waals surface area (Å²) in [6.45, 7) is 4.13. The molecule has 0 bridgehead atoms. The topological polar surface area (TPSA) is 55.4 Å². The molecule has 1 unspecified atom stereocenters. The van der Waals surface area contributed by atoms with E-state index < -0.39 is 12.1 Å². The number of alkyl carbamates (subject to hydrolysis) is 1. The number of hydrogen-bond acceptors (Lipinski definition) is 3. The molecule has 0 aliphatic heterocycles. The lowest BCUT2D eigenvalue weighted by Gasteiger charge is -2.17. The summed E-state index contributed by atoms with van der Waals surface area (Å²) in [5.74, 6) is 0.288. The molecule has 1 aromatic carbocycles. The van der Waals surface area contributed by atoms with Crippen molar-refractivity contribution in [3.8, 4) is 0 Å². The highest BCUT2D eigenvalue weighted by atomic mass is 32.1. The van der Waals surface area contributed by atoms with Gasteiger partial charge in [-0.15, -0.1) is 12.6 Å². The van der Waals surface area contributed by atoms with E-state index in [-0.39, 0.29) is 17.6 Å². The molecule has 0 radical (unpaired) electrons. The molecule has 0 saturated carbocycles. The Hall–Kier alpha value is -1.49. The monoisotopic (exact) mass is 281 g/mol. The van der Waals surface area contributed by atoms with Gasteiger partial charge < -0.3 is 10.1 Å². The van der Waals surface area contributed by atoms with Gasteiger partial charge in [0.25, 0.3) is 0 Å². The largest absolute Gasteiger partial charge is 0.445 e. The number of ether oxygens (including phenoxy) is 1. The summed E-state index contributed by atoms with van der Waals surface area (Å²) in [4.78, 5) is 22.9. The fraction of sp³-hybridized carbons (Fsp3) is 0.429. The van der Waals surface area contributed by atoms with Gasteiger partial charge in [0, 0.05) is 0 Å². The number of nitrogens with one attached hydrogen (secondary N) is 1. The van der Waals surface area contributed by atoms with Crippen LogP contribution in [0.3, 0.4) is 0 Å². The number of carbonyl (C=O) groups is 2. The van der Waals surface area contributed by atoms with E-state index >= 15 is 0 Å². The minimum Gasteiger partial charge on any atom is -0.445 e. The van der Waals surface area contributed by atoms with Gasteiger partial charge in [0.2, 0.25) is 5.12 Å². The quantitative estimate of drug-likeness (QED) is 0.788. The molecule has 104 valence electrons.